The van der Waals surface area contributed by atoms with Gasteiger partial charge < -0.3 is 4.90 Å². The van der Waals surface area contributed by atoms with E-state index in [1.807, 2.05) is 0 Å². The summed E-state index contributed by atoms with van der Waals surface area (Å²) < 4.78 is 63.7. The third kappa shape index (κ3) is 2.09. The molecule has 0 N–H and O–H groups in total. The second-order valence-corrected chi connectivity index (χ2v) is 6.00. The second-order valence-electron chi connectivity index (χ2n) is 5.16. The first-order valence-corrected chi connectivity index (χ1v) is 6.77. The van der Waals surface area contributed by atoms with E-state index in [-0.39, 0.29) is 11.6 Å². The summed E-state index contributed by atoms with van der Waals surface area (Å²) in [6.07, 6.45) is -3.89. The van der Waals surface area contributed by atoms with Crippen LogP contribution in [0.2, 0.25) is 0 Å². The van der Waals surface area contributed by atoms with Gasteiger partial charge in [-0.05, 0) is 12.8 Å². The minimum atomic E-state index is -4.45. The Labute approximate surface area is 110 Å². The lowest BCUT2D eigenvalue weighted by Crippen LogP contribution is -2.36. The van der Waals surface area contributed by atoms with Gasteiger partial charge in [0.2, 0.25) is 0 Å². The zero-order chi connectivity index (χ0) is 13.9. The molecule has 2 fully saturated rings. The molecule has 8 heteroatoms. The minimum Gasteiger partial charge on any atom is -0.348 e. The molecule has 2 nitrogen and oxygen atoms in total. The maximum atomic E-state index is 13.2. The van der Waals surface area contributed by atoms with Crippen molar-refractivity contribution in [1.82, 2.24) is 4.98 Å². The number of hydrogen-bond donors (Lipinski definition) is 0. The molecule has 1 aliphatic carbocycles. The molecular weight excluding hydrogens is 287 g/mol. The van der Waals surface area contributed by atoms with Gasteiger partial charge in [-0.1, -0.05) is 0 Å². The predicted molar refractivity (Wildman–Crippen MR) is 60.6 cm³/mol. The summed E-state index contributed by atoms with van der Waals surface area (Å²) in [4.78, 5) is 5.21. The number of anilines is 1. The minimum absolute atomic E-state index is 0.0838. The van der Waals surface area contributed by atoms with Crippen molar-refractivity contribution in [2.45, 2.75) is 31.4 Å². The molecule has 2 heterocycles. The van der Waals surface area contributed by atoms with Crippen LogP contribution < -0.4 is 4.90 Å². The van der Waals surface area contributed by atoms with Crippen molar-refractivity contribution >= 4 is 16.5 Å². The van der Waals surface area contributed by atoms with Crippen molar-refractivity contribution in [2.75, 3.05) is 18.0 Å². The van der Waals surface area contributed by atoms with Crippen molar-refractivity contribution in [2.24, 2.45) is 5.41 Å². The average Bonchev–Trinajstić information content (AvgIpc) is 2.70. The van der Waals surface area contributed by atoms with Crippen LogP contribution in [0.3, 0.4) is 0 Å². The van der Waals surface area contributed by atoms with Gasteiger partial charge in [0.25, 0.3) is 5.92 Å². The van der Waals surface area contributed by atoms with Crippen LogP contribution in [-0.2, 0) is 6.18 Å². The molecule has 0 unspecified atom stereocenters. The highest BCUT2D eigenvalue weighted by Crippen LogP contribution is 2.66. The number of aromatic nitrogens is 1. The van der Waals surface area contributed by atoms with Gasteiger partial charge in [0.05, 0.1) is 0 Å². The Morgan fingerprint density at radius 2 is 1.79 bits per heavy atom. The molecule has 0 aromatic carbocycles. The molecule has 0 amide bonds. The largest absolute Gasteiger partial charge is 0.434 e. The highest BCUT2D eigenvalue weighted by molar-refractivity contribution is 7.13. The monoisotopic (exact) mass is 298 g/mol. The van der Waals surface area contributed by atoms with Gasteiger partial charge in [-0.3, -0.25) is 0 Å². The fraction of sp³-hybridized carbons (Fsp3) is 0.727. The third-order valence-corrected chi connectivity index (χ3v) is 4.89. The summed E-state index contributed by atoms with van der Waals surface area (Å²) in [6.45, 7) is 0.695. The van der Waals surface area contributed by atoms with E-state index in [0.29, 0.717) is 25.9 Å². The molecule has 1 aromatic heterocycles. The standard InChI is InChI=1S/C11H11F5N2S/c12-10(13)6-9(10)1-3-18(4-2-9)8-17-7(5-19-8)11(14,15)16/h5H,1-4,6H2. The third-order valence-electron chi connectivity index (χ3n) is 3.98. The van der Waals surface area contributed by atoms with Crippen LogP contribution in [0.25, 0.3) is 0 Å². The summed E-state index contributed by atoms with van der Waals surface area (Å²) >= 11 is 0.911. The molecule has 1 saturated carbocycles. The molecule has 0 radical (unpaired) electrons. The highest BCUT2D eigenvalue weighted by atomic mass is 32.1. The van der Waals surface area contributed by atoms with Crippen molar-refractivity contribution in [1.29, 1.82) is 0 Å². The smallest absolute Gasteiger partial charge is 0.348 e. The lowest BCUT2D eigenvalue weighted by Gasteiger charge is -2.31. The molecule has 2 aliphatic rings. The fourth-order valence-electron chi connectivity index (χ4n) is 2.59. The Balaban J connectivity index is 1.68. The second kappa shape index (κ2) is 3.80. The van der Waals surface area contributed by atoms with Crippen molar-refractivity contribution in [3.63, 3.8) is 0 Å². The SMILES string of the molecule is FC(F)(F)c1csc(N2CCC3(CC2)CC3(F)F)n1. The molecule has 0 bridgehead atoms. The summed E-state index contributed by atoms with van der Waals surface area (Å²) in [5.41, 5.74) is -1.81. The predicted octanol–water partition coefficient (Wildman–Crippen LogP) is 3.79. The fourth-order valence-corrected chi connectivity index (χ4v) is 3.48. The van der Waals surface area contributed by atoms with Crippen LogP contribution in [-0.4, -0.2) is 24.0 Å². The molecule has 0 atom stereocenters. The number of nitrogens with zero attached hydrogens (tertiary/aromatic N) is 2. The molecule has 1 spiro atoms. The van der Waals surface area contributed by atoms with Crippen molar-refractivity contribution in [3.8, 4) is 0 Å². The Kier molecular flexibility index (Phi) is 2.62. The van der Waals surface area contributed by atoms with Crippen LogP contribution in [0.4, 0.5) is 27.1 Å². The zero-order valence-corrected chi connectivity index (χ0v) is 10.6. The van der Waals surface area contributed by atoms with E-state index < -0.39 is 23.2 Å². The van der Waals surface area contributed by atoms with Crippen molar-refractivity contribution in [3.05, 3.63) is 11.1 Å². The van der Waals surface area contributed by atoms with E-state index in [1.54, 1.807) is 4.90 Å². The summed E-state index contributed by atoms with van der Waals surface area (Å²) in [7, 11) is 0. The van der Waals surface area contributed by atoms with Crippen LogP contribution in [0.5, 0.6) is 0 Å². The van der Waals surface area contributed by atoms with Gasteiger partial charge in [-0.2, -0.15) is 13.2 Å². The van der Waals surface area contributed by atoms with Gasteiger partial charge >= 0.3 is 6.18 Å². The van der Waals surface area contributed by atoms with Gasteiger partial charge in [-0.25, -0.2) is 13.8 Å². The zero-order valence-electron chi connectivity index (χ0n) is 9.81. The molecule has 1 aromatic rings. The van der Waals surface area contributed by atoms with Gasteiger partial charge in [0, 0.05) is 30.3 Å². The Bertz CT molecular complexity index is 488. The molecule has 19 heavy (non-hydrogen) atoms. The molecule has 106 valence electrons. The number of thiazole rings is 1. The number of hydrogen-bond acceptors (Lipinski definition) is 3. The number of rotatable bonds is 1. The topological polar surface area (TPSA) is 16.1 Å². The van der Waals surface area contributed by atoms with Gasteiger partial charge in [0.1, 0.15) is 0 Å². The highest BCUT2D eigenvalue weighted by Gasteiger charge is 2.70. The van der Waals surface area contributed by atoms with Gasteiger partial charge in [-0.15, -0.1) is 11.3 Å². The van der Waals surface area contributed by atoms with E-state index in [0.717, 1.165) is 16.7 Å². The maximum absolute atomic E-state index is 13.2. The first-order valence-electron chi connectivity index (χ1n) is 5.89. The number of alkyl halides is 5. The maximum Gasteiger partial charge on any atom is 0.434 e. The molecule has 1 saturated heterocycles. The Morgan fingerprint density at radius 1 is 1.21 bits per heavy atom. The molecule has 3 rings (SSSR count). The summed E-state index contributed by atoms with van der Waals surface area (Å²) in [5, 5.41) is 1.23. The quantitative estimate of drug-likeness (QED) is 0.733. The van der Waals surface area contributed by atoms with Crippen LogP contribution in [0.1, 0.15) is 25.0 Å². The Hall–Kier alpha value is -0.920. The van der Waals surface area contributed by atoms with E-state index >= 15 is 0 Å². The van der Waals surface area contributed by atoms with Crippen LogP contribution in [0.15, 0.2) is 5.38 Å². The number of halogens is 5. The summed E-state index contributed by atoms with van der Waals surface area (Å²) in [5.74, 6) is -2.58. The van der Waals surface area contributed by atoms with E-state index in [2.05, 4.69) is 4.98 Å². The molecular formula is C11H11F5N2S. The lowest BCUT2D eigenvalue weighted by atomic mass is 9.93. The lowest BCUT2D eigenvalue weighted by molar-refractivity contribution is -0.140. The number of piperidine rings is 1. The normalized spacial score (nSPS) is 24.8. The average molecular weight is 298 g/mol. The first-order chi connectivity index (χ1) is 8.74. The van der Waals surface area contributed by atoms with E-state index in [9.17, 15) is 22.0 Å². The van der Waals surface area contributed by atoms with E-state index in [4.69, 9.17) is 0 Å². The van der Waals surface area contributed by atoms with Crippen LogP contribution >= 0.6 is 11.3 Å². The summed E-state index contributed by atoms with van der Waals surface area (Å²) in [6, 6.07) is 0. The van der Waals surface area contributed by atoms with E-state index in [1.165, 1.54) is 0 Å². The first kappa shape index (κ1) is 13.1. The van der Waals surface area contributed by atoms with Gasteiger partial charge in [0.15, 0.2) is 10.8 Å². The van der Waals surface area contributed by atoms with Crippen LogP contribution in [0, 0.1) is 5.41 Å². The van der Waals surface area contributed by atoms with Crippen molar-refractivity contribution < 1.29 is 22.0 Å². The Morgan fingerprint density at radius 3 is 2.21 bits per heavy atom. The molecule has 1 aliphatic heterocycles.